The fourth-order valence-corrected chi connectivity index (χ4v) is 2.35. The molecule has 1 atom stereocenters. The molecule has 0 spiro atoms. The van der Waals surface area contributed by atoms with Crippen molar-refractivity contribution in [2.45, 2.75) is 52.6 Å². The van der Waals surface area contributed by atoms with Crippen LogP contribution < -0.4 is 5.32 Å². The van der Waals surface area contributed by atoms with Gasteiger partial charge in [0.05, 0.1) is 6.04 Å². The average molecular weight is 226 g/mol. The molecule has 0 radical (unpaired) electrons. The number of carbonyl (C=O) groups excluding carboxylic acids is 1. The van der Waals surface area contributed by atoms with Crippen LogP contribution in [0.5, 0.6) is 0 Å². The van der Waals surface area contributed by atoms with Crippen molar-refractivity contribution in [3.8, 4) is 0 Å². The van der Waals surface area contributed by atoms with Gasteiger partial charge in [0.2, 0.25) is 0 Å². The molecular weight excluding hydrogens is 200 g/mol. The van der Waals surface area contributed by atoms with Gasteiger partial charge in [-0.05, 0) is 18.9 Å². The van der Waals surface area contributed by atoms with E-state index in [9.17, 15) is 4.79 Å². The molecule has 0 bridgehead atoms. The van der Waals surface area contributed by atoms with E-state index in [1.807, 2.05) is 6.92 Å². The van der Waals surface area contributed by atoms with Gasteiger partial charge in [-0.25, -0.2) is 0 Å². The minimum absolute atomic E-state index is 0.167. The quantitative estimate of drug-likeness (QED) is 0.717. The topological polar surface area (TPSA) is 32.3 Å². The van der Waals surface area contributed by atoms with Gasteiger partial charge < -0.3 is 5.32 Å². The molecule has 1 aliphatic rings. The number of rotatable bonds is 7. The van der Waals surface area contributed by atoms with Crippen LogP contribution in [0.15, 0.2) is 0 Å². The molecule has 1 heterocycles. The van der Waals surface area contributed by atoms with Gasteiger partial charge in [0.1, 0.15) is 5.78 Å². The molecule has 94 valence electrons. The predicted molar refractivity (Wildman–Crippen MR) is 67.6 cm³/mol. The maximum atomic E-state index is 11.9. The van der Waals surface area contributed by atoms with Crippen LogP contribution in [0.4, 0.5) is 0 Å². The van der Waals surface area contributed by atoms with E-state index in [2.05, 4.69) is 31.0 Å². The highest BCUT2D eigenvalue weighted by Crippen LogP contribution is 2.20. The van der Waals surface area contributed by atoms with E-state index >= 15 is 0 Å². The van der Waals surface area contributed by atoms with E-state index in [1.54, 1.807) is 0 Å². The van der Waals surface area contributed by atoms with Gasteiger partial charge in [0, 0.05) is 25.6 Å². The van der Waals surface area contributed by atoms with Crippen molar-refractivity contribution in [2.75, 3.05) is 19.6 Å². The highest BCUT2D eigenvalue weighted by atomic mass is 16.1. The highest BCUT2D eigenvalue weighted by Gasteiger charge is 2.34. The summed E-state index contributed by atoms with van der Waals surface area (Å²) in [6, 6.07) is 0.768. The standard InChI is InChI=1S/C13H26N2O/c1-5-13(16)12(7-10(3)4)15-8-11(9-15)14-6-2/h10-12,14H,5-9H2,1-4H3. The Bertz CT molecular complexity index is 222. The number of Topliss-reactive ketones (excluding diaryl/α,β-unsaturated/α-hetero) is 1. The van der Waals surface area contributed by atoms with E-state index in [4.69, 9.17) is 0 Å². The zero-order chi connectivity index (χ0) is 12.1. The number of nitrogens with one attached hydrogen (secondary N) is 1. The first-order chi connectivity index (χ1) is 7.58. The third-order valence-electron chi connectivity index (χ3n) is 3.26. The lowest BCUT2D eigenvalue weighted by atomic mass is 9.93. The van der Waals surface area contributed by atoms with Crippen molar-refractivity contribution in [1.82, 2.24) is 10.2 Å². The van der Waals surface area contributed by atoms with Crippen LogP contribution in [0.3, 0.4) is 0 Å². The van der Waals surface area contributed by atoms with Crippen molar-refractivity contribution < 1.29 is 4.79 Å². The second-order valence-corrected chi connectivity index (χ2v) is 5.17. The molecule has 3 nitrogen and oxygen atoms in total. The summed E-state index contributed by atoms with van der Waals surface area (Å²) < 4.78 is 0. The Labute approximate surface area is 99.6 Å². The number of nitrogens with zero attached hydrogens (tertiary/aromatic N) is 1. The molecule has 1 rings (SSSR count). The van der Waals surface area contributed by atoms with E-state index in [0.29, 0.717) is 24.2 Å². The summed E-state index contributed by atoms with van der Waals surface area (Å²) in [5.74, 6) is 1.00. The molecule has 0 aromatic carbocycles. The zero-order valence-corrected chi connectivity index (χ0v) is 11.1. The number of likely N-dealkylation sites (tertiary alicyclic amines) is 1. The summed E-state index contributed by atoms with van der Waals surface area (Å²) in [5, 5.41) is 3.42. The fraction of sp³-hybridized carbons (Fsp3) is 0.923. The Kier molecular flexibility index (Phi) is 5.42. The first-order valence-electron chi connectivity index (χ1n) is 6.58. The van der Waals surface area contributed by atoms with Gasteiger partial charge in [-0.15, -0.1) is 0 Å². The maximum absolute atomic E-state index is 11.9. The Morgan fingerprint density at radius 1 is 1.38 bits per heavy atom. The lowest BCUT2D eigenvalue weighted by molar-refractivity contribution is -0.126. The first-order valence-corrected chi connectivity index (χ1v) is 6.58. The Balaban J connectivity index is 2.43. The third kappa shape index (κ3) is 3.56. The van der Waals surface area contributed by atoms with Gasteiger partial charge in [0.15, 0.2) is 0 Å². The van der Waals surface area contributed by atoms with Crippen LogP contribution >= 0.6 is 0 Å². The van der Waals surface area contributed by atoms with Gasteiger partial charge in [-0.2, -0.15) is 0 Å². The second-order valence-electron chi connectivity index (χ2n) is 5.17. The van der Waals surface area contributed by atoms with Crippen LogP contribution in [0.2, 0.25) is 0 Å². The predicted octanol–water partition coefficient (Wildman–Crippen LogP) is 1.67. The largest absolute Gasteiger partial charge is 0.312 e. The molecule has 1 unspecified atom stereocenters. The van der Waals surface area contributed by atoms with Gasteiger partial charge in [-0.1, -0.05) is 27.7 Å². The Morgan fingerprint density at radius 3 is 2.44 bits per heavy atom. The SMILES string of the molecule is CCNC1CN(C(CC(C)C)C(=O)CC)C1. The Morgan fingerprint density at radius 2 is 2.00 bits per heavy atom. The zero-order valence-electron chi connectivity index (χ0n) is 11.1. The van der Waals surface area contributed by atoms with Crippen molar-refractivity contribution in [3.05, 3.63) is 0 Å². The van der Waals surface area contributed by atoms with Gasteiger partial charge in [-0.3, -0.25) is 9.69 Å². The molecule has 3 heteroatoms. The average Bonchev–Trinajstić information content (AvgIpc) is 2.18. The second kappa shape index (κ2) is 6.36. The fourth-order valence-electron chi connectivity index (χ4n) is 2.35. The van der Waals surface area contributed by atoms with Crippen molar-refractivity contribution >= 4 is 5.78 Å². The van der Waals surface area contributed by atoms with Crippen LogP contribution in [-0.4, -0.2) is 42.4 Å². The molecule has 0 saturated carbocycles. The molecular formula is C13H26N2O. The molecule has 0 amide bonds. The number of hydrogen-bond donors (Lipinski definition) is 1. The van der Waals surface area contributed by atoms with Gasteiger partial charge in [0.25, 0.3) is 0 Å². The van der Waals surface area contributed by atoms with Crippen molar-refractivity contribution in [1.29, 1.82) is 0 Å². The lowest BCUT2D eigenvalue weighted by Crippen LogP contribution is -2.62. The minimum Gasteiger partial charge on any atom is -0.312 e. The van der Waals surface area contributed by atoms with Crippen molar-refractivity contribution in [3.63, 3.8) is 0 Å². The maximum Gasteiger partial charge on any atom is 0.149 e. The molecule has 0 aromatic heterocycles. The number of carbonyl (C=O) groups is 1. The molecule has 1 aliphatic heterocycles. The van der Waals surface area contributed by atoms with E-state index in [1.165, 1.54) is 0 Å². The Hall–Kier alpha value is -0.410. The first kappa shape index (κ1) is 13.7. The summed E-state index contributed by atoms with van der Waals surface area (Å²) in [5.41, 5.74) is 0. The molecule has 1 N–H and O–H groups in total. The van der Waals surface area contributed by atoms with E-state index in [-0.39, 0.29) is 6.04 Å². The minimum atomic E-state index is 0.167. The molecule has 0 aliphatic carbocycles. The van der Waals surface area contributed by atoms with Crippen LogP contribution in [0.25, 0.3) is 0 Å². The molecule has 1 fully saturated rings. The van der Waals surface area contributed by atoms with E-state index in [0.717, 1.165) is 26.1 Å². The van der Waals surface area contributed by atoms with Crippen LogP contribution in [0, 0.1) is 5.92 Å². The van der Waals surface area contributed by atoms with Gasteiger partial charge >= 0.3 is 0 Å². The summed E-state index contributed by atoms with van der Waals surface area (Å²) in [6.07, 6.45) is 1.67. The summed E-state index contributed by atoms with van der Waals surface area (Å²) in [4.78, 5) is 14.2. The molecule has 1 saturated heterocycles. The number of hydrogen-bond acceptors (Lipinski definition) is 3. The summed E-state index contributed by atoms with van der Waals surface area (Å²) in [6.45, 7) is 11.6. The summed E-state index contributed by atoms with van der Waals surface area (Å²) >= 11 is 0. The van der Waals surface area contributed by atoms with E-state index < -0.39 is 0 Å². The molecule has 0 aromatic rings. The summed E-state index contributed by atoms with van der Waals surface area (Å²) in [7, 11) is 0. The van der Waals surface area contributed by atoms with Crippen molar-refractivity contribution in [2.24, 2.45) is 5.92 Å². The number of ketones is 1. The third-order valence-corrected chi connectivity index (χ3v) is 3.26. The number of likely N-dealkylation sites (N-methyl/N-ethyl adjacent to an activating group) is 1. The van der Waals surface area contributed by atoms with Crippen LogP contribution in [-0.2, 0) is 4.79 Å². The normalized spacial score (nSPS) is 19.8. The monoisotopic (exact) mass is 226 g/mol. The smallest absolute Gasteiger partial charge is 0.149 e. The lowest BCUT2D eigenvalue weighted by Gasteiger charge is -2.44. The van der Waals surface area contributed by atoms with Crippen LogP contribution in [0.1, 0.15) is 40.5 Å². The highest BCUT2D eigenvalue weighted by molar-refractivity contribution is 5.83. The molecule has 16 heavy (non-hydrogen) atoms.